The fourth-order valence-electron chi connectivity index (χ4n) is 5.53. The lowest BCUT2D eigenvalue weighted by molar-refractivity contribution is -0.112. The van der Waals surface area contributed by atoms with E-state index in [2.05, 4.69) is 0 Å². The minimum atomic E-state index is -0.243. The second-order valence-corrected chi connectivity index (χ2v) is 10.7. The Morgan fingerprint density at radius 1 is 0.348 bits per heavy atom. The van der Waals surface area contributed by atoms with Crippen LogP contribution in [0.4, 0.5) is 0 Å². The van der Waals surface area contributed by atoms with E-state index in [1.807, 2.05) is 121 Å². The molecule has 0 aliphatic heterocycles. The highest BCUT2D eigenvalue weighted by molar-refractivity contribution is 6.40. The molecule has 0 unspecified atom stereocenters. The highest BCUT2D eigenvalue weighted by Gasteiger charge is 2.30. The maximum Gasteiger partial charge on any atom is 0.194 e. The van der Waals surface area contributed by atoms with E-state index in [0.717, 1.165) is 44.9 Å². The predicted molar refractivity (Wildman–Crippen MR) is 181 cm³/mol. The molecule has 0 spiro atoms. The number of benzene rings is 4. The van der Waals surface area contributed by atoms with Gasteiger partial charge in [0, 0.05) is 22.3 Å². The zero-order valence-corrected chi connectivity index (χ0v) is 26.0. The number of carbonyl (C=O) groups is 2. The Bertz CT molecular complexity index is 1810. The molecule has 0 radical (unpaired) electrons. The molecule has 0 aromatic heterocycles. The maximum absolute atomic E-state index is 14.4. The minimum Gasteiger partial charge on any atom is -0.497 e. The van der Waals surface area contributed by atoms with Crippen LogP contribution >= 0.6 is 0 Å². The maximum atomic E-state index is 14.4. The van der Waals surface area contributed by atoms with E-state index < -0.39 is 0 Å². The Morgan fingerprint density at radius 2 is 0.609 bits per heavy atom. The van der Waals surface area contributed by atoms with Gasteiger partial charge in [-0.3, -0.25) is 9.59 Å². The molecule has 2 aliphatic carbocycles. The van der Waals surface area contributed by atoms with Crippen molar-refractivity contribution >= 4 is 33.9 Å². The van der Waals surface area contributed by atoms with Crippen LogP contribution in [0.25, 0.3) is 22.3 Å². The van der Waals surface area contributed by atoms with Crippen LogP contribution in [0.5, 0.6) is 23.0 Å². The summed E-state index contributed by atoms with van der Waals surface area (Å²) < 4.78 is 21.4. The van der Waals surface area contributed by atoms with Crippen LogP contribution in [0.15, 0.2) is 133 Å². The molecule has 0 bridgehead atoms. The fraction of sp³-hybridized carbons (Fsp3) is 0.100. The van der Waals surface area contributed by atoms with Crippen LogP contribution in [0.3, 0.4) is 0 Å². The third-order valence-corrected chi connectivity index (χ3v) is 8.12. The van der Waals surface area contributed by atoms with Crippen molar-refractivity contribution in [1.82, 2.24) is 0 Å². The van der Waals surface area contributed by atoms with Crippen molar-refractivity contribution in [2.75, 3.05) is 28.4 Å². The molecule has 0 saturated heterocycles. The molecule has 228 valence electrons. The summed E-state index contributed by atoms with van der Waals surface area (Å²) in [6, 6.07) is 29.9. The number of carbonyl (C=O) groups excluding carboxylic acids is 2. The van der Waals surface area contributed by atoms with Gasteiger partial charge < -0.3 is 18.9 Å². The molecule has 6 nitrogen and oxygen atoms in total. The highest BCUT2D eigenvalue weighted by Crippen LogP contribution is 2.39. The molecule has 46 heavy (non-hydrogen) atoms. The van der Waals surface area contributed by atoms with Crippen molar-refractivity contribution in [2.24, 2.45) is 0 Å². The lowest BCUT2D eigenvalue weighted by Crippen LogP contribution is -2.17. The summed E-state index contributed by atoms with van der Waals surface area (Å²) in [7, 11) is 6.44. The molecule has 0 amide bonds. The van der Waals surface area contributed by atoms with Gasteiger partial charge in [-0.05, 0) is 106 Å². The van der Waals surface area contributed by atoms with Crippen LogP contribution in [0, 0.1) is 0 Å². The van der Waals surface area contributed by atoms with E-state index in [1.165, 1.54) is 0 Å². The lowest BCUT2D eigenvalue weighted by atomic mass is 9.80. The van der Waals surface area contributed by atoms with E-state index in [4.69, 9.17) is 18.9 Å². The predicted octanol–water partition coefficient (Wildman–Crippen LogP) is 7.82. The van der Waals surface area contributed by atoms with Crippen molar-refractivity contribution < 1.29 is 28.5 Å². The number of ether oxygens (including phenoxy) is 4. The van der Waals surface area contributed by atoms with Gasteiger partial charge in [0.05, 0.1) is 28.4 Å². The van der Waals surface area contributed by atoms with Crippen LogP contribution in [-0.4, -0.2) is 40.0 Å². The first-order valence-corrected chi connectivity index (χ1v) is 14.7. The third-order valence-electron chi connectivity index (χ3n) is 8.12. The van der Waals surface area contributed by atoms with Crippen LogP contribution in [0.1, 0.15) is 22.3 Å². The van der Waals surface area contributed by atoms with Gasteiger partial charge in [-0.15, -0.1) is 0 Å². The summed E-state index contributed by atoms with van der Waals surface area (Å²) >= 11 is 0. The first-order valence-electron chi connectivity index (χ1n) is 14.7. The molecule has 4 aromatic rings. The third kappa shape index (κ3) is 5.93. The molecule has 0 fully saturated rings. The lowest BCUT2D eigenvalue weighted by Gasteiger charge is -2.22. The Labute approximate surface area is 268 Å². The van der Waals surface area contributed by atoms with Crippen molar-refractivity contribution in [1.29, 1.82) is 0 Å². The van der Waals surface area contributed by atoms with Gasteiger partial charge in [0.2, 0.25) is 0 Å². The monoisotopic (exact) mass is 608 g/mol. The SMILES string of the molecule is COc1ccc(C2=C/C(=C3\C=C(c4ccc(OC)cc4)C=C(c4ccc(OC)cc4)C3=O)C(=O)C(c3ccc(OC)cc3)=C2)cc1. The quantitative estimate of drug-likeness (QED) is 0.190. The summed E-state index contributed by atoms with van der Waals surface area (Å²) in [5.41, 5.74) is 6.37. The Hall–Kier alpha value is -5.88. The smallest absolute Gasteiger partial charge is 0.194 e. The molecule has 6 heteroatoms. The topological polar surface area (TPSA) is 71.1 Å². The van der Waals surface area contributed by atoms with Crippen LogP contribution < -0.4 is 18.9 Å². The molecule has 4 aromatic carbocycles. The van der Waals surface area contributed by atoms with Gasteiger partial charge in [0.1, 0.15) is 23.0 Å². The molecule has 6 rings (SSSR count). The Balaban J connectivity index is 1.56. The summed E-state index contributed by atoms with van der Waals surface area (Å²) in [6.45, 7) is 0. The first kappa shape index (κ1) is 30.2. The van der Waals surface area contributed by atoms with Gasteiger partial charge in [0.25, 0.3) is 0 Å². The van der Waals surface area contributed by atoms with Gasteiger partial charge in [-0.25, -0.2) is 0 Å². The fourth-order valence-corrected chi connectivity index (χ4v) is 5.53. The number of hydrogen-bond donors (Lipinski definition) is 0. The number of ketones is 2. The standard InChI is InChI=1S/C40H32O6/c1-43-31-13-5-25(6-14-31)29-21-35(27-9-17-33(45-3)18-10-27)39(41)37(23-29)38-24-30(26-7-15-32(44-2)16-8-26)22-36(40(38)42)28-11-19-34(46-4)20-12-28/h5-24H,1-4H3/b38-37-. The average molecular weight is 609 g/mol. The molecular formula is C40H32O6. The molecule has 0 heterocycles. The normalized spacial score (nSPS) is 16.2. The first-order chi connectivity index (χ1) is 22.4. The van der Waals surface area contributed by atoms with Gasteiger partial charge in [-0.2, -0.15) is 0 Å². The Morgan fingerprint density at radius 3 is 0.870 bits per heavy atom. The van der Waals surface area contributed by atoms with Gasteiger partial charge in [0.15, 0.2) is 11.6 Å². The van der Waals surface area contributed by atoms with Gasteiger partial charge >= 0.3 is 0 Å². The van der Waals surface area contributed by atoms with Crippen molar-refractivity contribution in [3.63, 3.8) is 0 Å². The largest absolute Gasteiger partial charge is 0.497 e. The van der Waals surface area contributed by atoms with E-state index >= 15 is 0 Å². The zero-order valence-electron chi connectivity index (χ0n) is 26.0. The van der Waals surface area contributed by atoms with Crippen molar-refractivity contribution in [3.8, 4) is 23.0 Å². The van der Waals surface area contributed by atoms with Gasteiger partial charge in [-0.1, -0.05) is 48.5 Å². The van der Waals surface area contributed by atoms with E-state index in [1.54, 1.807) is 28.4 Å². The second-order valence-electron chi connectivity index (χ2n) is 10.7. The van der Waals surface area contributed by atoms with Crippen molar-refractivity contribution in [3.05, 3.63) is 155 Å². The summed E-state index contributed by atoms with van der Waals surface area (Å²) in [5, 5.41) is 0. The number of rotatable bonds is 8. The van der Waals surface area contributed by atoms with Crippen LogP contribution in [-0.2, 0) is 9.59 Å². The molecule has 0 saturated carbocycles. The summed E-state index contributed by atoms with van der Waals surface area (Å²) in [5.74, 6) is 2.32. The van der Waals surface area contributed by atoms with E-state index in [0.29, 0.717) is 33.8 Å². The number of Topliss-reactive ketones (excluding diaryl/α,β-unsaturated/α-hetero) is 2. The Kier molecular flexibility index (Phi) is 8.53. The summed E-state index contributed by atoms with van der Waals surface area (Å²) in [6.07, 6.45) is 7.36. The molecule has 0 N–H and O–H groups in total. The van der Waals surface area contributed by atoms with Crippen LogP contribution in [0.2, 0.25) is 0 Å². The van der Waals surface area contributed by atoms with E-state index in [9.17, 15) is 9.59 Å². The van der Waals surface area contributed by atoms with E-state index in [-0.39, 0.29) is 11.6 Å². The van der Waals surface area contributed by atoms with Crippen molar-refractivity contribution in [2.45, 2.75) is 0 Å². The zero-order chi connectivity index (χ0) is 32.2. The highest BCUT2D eigenvalue weighted by atomic mass is 16.5. The number of methoxy groups -OCH3 is 4. The number of allylic oxidation sites excluding steroid dienone is 10. The summed E-state index contributed by atoms with van der Waals surface area (Å²) in [4.78, 5) is 28.8. The number of hydrogen-bond acceptors (Lipinski definition) is 6. The molecular weight excluding hydrogens is 576 g/mol. The average Bonchev–Trinajstić information content (AvgIpc) is 3.12. The minimum absolute atomic E-state index is 0.243. The molecule has 0 atom stereocenters. The molecule has 2 aliphatic rings. The second kappa shape index (κ2) is 13.0.